The Labute approximate surface area is 120 Å². The maximum Gasteiger partial charge on any atom is 0.229 e. The summed E-state index contributed by atoms with van der Waals surface area (Å²) in [5, 5.41) is 4.10. The molecule has 0 saturated heterocycles. The first-order chi connectivity index (χ1) is 9.41. The van der Waals surface area contributed by atoms with Gasteiger partial charge < -0.3 is 9.26 Å². The van der Waals surface area contributed by atoms with E-state index in [1.54, 1.807) is 0 Å². The molecule has 1 aromatic rings. The summed E-state index contributed by atoms with van der Waals surface area (Å²) < 4.78 is 11.2. The number of carbonyl (C=O) groups excluding carboxylic acids is 1. The van der Waals surface area contributed by atoms with E-state index in [2.05, 4.69) is 30.9 Å². The predicted octanol–water partition coefficient (Wildman–Crippen LogP) is 3.42. The summed E-state index contributed by atoms with van der Waals surface area (Å²) in [6, 6.07) is 0. The fourth-order valence-corrected chi connectivity index (χ4v) is 2.58. The molecule has 5 nitrogen and oxygen atoms in total. The summed E-state index contributed by atoms with van der Waals surface area (Å²) in [6.07, 6.45) is 2.70. The van der Waals surface area contributed by atoms with Gasteiger partial charge in [-0.1, -0.05) is 25.9 Å². The fourth-order valence-electron chi connectivity index (χ4n) is 2.58. The summed E-state index contributed by atoms with van der Waals surface area (Å²) in [7, 11) is 0. The van der Waals surface area contributed by atoms with Crippen LogP contribution in [-0.2, 0) is 9.53 Å². The zero-order valence-corrected chi connectivity index (χ0v) is 12.8. The largest absolute Gasteiger partial charge is 0.370 e. The highest BCUT2D eigenvalue weighted by molar-refractivity contribution is 5.79. The van der Waals surface area contributed by atoms with Gasteiger partial charge in [0, 0.05) is 25.4 Å². The average molecular weight is 280 g/mol. The lowest BCUT2D eigenvalue weighted by Gasteiger charge is -2.27. The van der Waals surface area contributed by atoms with Gasteiger partial charge in [-0.25, -0.2) is 0 Å². The van der Waals surface area contributed by atoms with Crippen molar-refractivity contribution in [2.75, 3.05) is 6.61 Å². The lowest BCUT2D eigenvalue weighted by Crippen LogP contribution is -2.22. The molecule has 0 aromatic carbocycles. The highest BCUT2D eigenvalue weighted by Crippen LogP contribution is 2.36. The van der Waals surface area contributed by atoms with Gasteiger partial charge in [-0.05, 0) is 25.2 Å². The maximum atomic E-state index is 11.3. The van der Waals surface area contributed by atoms with Crippen LogP contribution in [0.15, 0.2) is 4.52 Å². The first kappa shape index (κ1) is 15.2. The van der Waals surface area contributed by atoms with Crippen LogP contribution in [-0.4, -0.2) is 22.5 Å². The van der Waals surface area contributed by atoms with Crippen LogP contribution < -0.4 is 0 Å². The fraction of sp³-hybridized carbons (Fsp3) is 0.800. The average Bonchev–Trinajstić information content (AvgIpc) is 2.84. The molecule has 20 heavy (non-hydrogen) atoms. The number of aromatic nitrogens is 2. The summed E-state index contributed by atoms with van der Waals surface area (Å²) in [6.45, 7) is 8.88. The number of Topliss-reactive ketones (excluding diaryl/α,β-unsaturated/α-hetero) is 1. The number of carbonyl (C=O) groups is 1. The minimum Gasteiger partial charge on any atom is -0.370 e. The Morgan fingerprint density at radius 1 is 1.35 bits per heavy atom. The molecule has 1 unspecified atom stereocenters. The summed E-state index contributed by atoms with van der Waals surface area (Å²) in [5.74, 6) is 1.83. The van der Waals surface area contributed by atoms with Gasteiger partial charge in [0.25, 0.3) is 0 Å². The normalized spacial score (nSPS) is 19.3. The molecule has 1 atom stereocenters. The van der Waals surface area contributed by atoms with Crippen LogP contribution in [0.2, 0.25) is 0 Å². The Kier molecular flexibility index (Phi) is 4.58. The standard InChI is InChI=1S/C15H24N2O3/c1-5-19-12(15(2,3)4)13-16-14(20-17-13)10-6-8-11(18)9-7-10/h10,12H,5-9H2,1-4H3. The number of nitrogens with zero attached hydrogens (tertiary/aromatic N) is 2. The van der Waals surface area contributed by atoms with E-state index in [4.69, 9.17) is 9.26 Å². The molecule has 0 radical (unpaired) electrons. The lowest BCUT2D eigenvalue weighted by molar-refractivity contribution is -0.120. The molecule has 112 valence electrons. The molecule has 0 spiro atoms. The van der Waals surface area contributed by atoms with Gasteiger partial charge in [-0.2, -0.15) is 4.98 Å². The Hall–Kier alpha value is -1.23. The Bertz CT molecular complexity index is 452. The topological polar surface area (TPSA) is 65.2 Å². The molecule has 1 aromatic heterocycles. The molecular weight excluding hydrogens is 256 g/mol. The van der Waals surface area contributed by atoms with Crippen molar-refractivity contribution < 1.29 is 14.1 Å². The van der Waals surface area contributed by atoms with Crippen molar-refractivity contribution in [2.45, 2.75) is 65.4 Å². The van der Waals surface area contributed by atoms with Crippen molar-refractivity contribution >= 4 is 5.78 Å². The number of ether oxygens (including phenoxy) is 1. The van der Waals surface area contributed by atoms with E-state index in [0.29, 0.717) is 36.9 Å². The van der Waals surface area contributed by atoms with E-state index in [1.807, 2.05) is 6.92 Å². The molecule has 1 aliphatic rings. The van der Waals surface area contributed by atoms with Crippen molar-refractivity contribution in [3.8, 4) is 0 Å². The quantitative estimate of drug-likeness (QED) is 0.845. The van der Waals surface area contributed by atoms with Crippen molar-refractivity contribution in [2.24, 2.45) is 5.41 Å². The van der Waals surface area contributed by atoms with Gasteiger partial charge in [-0.15, -0.1) is 0 Å². The summed E-state index contributed by atoms with van der Waals surface area (Å²) in [4.78, 5) is 15.8. The van der Waals surface area contributed by atoms with Crippen LogP contribution in [0.1, 0.15) is 77.1 Å². The molecule has 1 heterocycles. The van der Waals surface area contributed by atoms with E-state index < -0.39 is 0 Å². The minimum atomic E-state index is -0.171. The smallest absolute Gasteiger partial charge is 0.229 e. The van der Waals surface area contributed by atoms with E-state index in [0.717, 1.165) is 12.8 Å². The maximum absolute atomic E-state index is 11.3. The SMILES string of the molecule is CCOC(c1noc(C2CCC(=O)CC2)n1)C(C)(C)C. The van der Waals surface area contributed by atoms with Gasteiger partial charge >= 0.3 is 0 Å². The third-order valence-corrected chi connectivity index (χ3v) is 3.70. The van der Waals surface area contributed by atoms with E-state index >= 15 is 0 Å². The molecule has 1 aliphatic carbocycles. The van der Waals surface area contributed by atoms with Crippen LogP contribution in [0.25, 0.3) is 0 Å². The second-order valence-electron chi connectivity index (χ2n) is 6.51. The van der Waals surface area contributed by atoms with Crippen molar-refractivity contribution in [3.63, 3.8) is 0 Å². The zero-order valence-electron chi connectivity index (χ0n) is 12.8. The van der Waals surface area contributed by atoms with Gasteiger partial charge in [0.05, 0.1) is 0 Å². The molecule has 1 saturated carbocycles. The highest BCUT2D eigenvalue weighted by Gasteiger charge is 2.33. The molecule has 0 bridgehead atoms. The van der Waals surface area contributed by atoms with Crippen molar-refractivity contribution in [1.82, 2.24) is 10.1 Å². The number of hydrogen-bond acceptors (Lipinski definition) is 5. The third kappa shape index (κ3) is 3.45. The number of ketones is 1. The third-order valence-electron chi connectivity index (χ3n) is 3.70. The summed E-state index contributed by atoms with van der Waals surface area (Å²) in [5.41, 5.74) is -0.0836. The molecule has 0 aliphatic heterocycles. The Morgan fingerprint density at radius 2 is 2.00 bits per heavy atom. The van der Waals surface area contributed by atoms with Crippen LogP contribution in [0.3, 0.4) is 0 Å². The minimum absolute atomic E-state index is 0.0836. The molecule has 2 rings (SSSR count). The molecule has 5 heteroatoms. The second kappa shape index (κ2) is 6.04. The molecular formula is C15H24N2O3. The number of hydrogen-bond donors (Lipinski definition) is 0. The molecule has 0 amide bonds. The van der Waals surface area contributed by atoms with Gasteiger partial charge in [0.15, 0.2) is 0 Å². The van der Waals surface area contributed by atoms with Crippen LogP contribution in [0.4, 0.5) is 0 Å². The molecule has 0 N–H and O–H groups in total. The van der Waals surface area contributed by atoms with E-state index in [-0.39, 0.29) is 17.4 Å². The second-order valence-corrected chi connectivity index (χ2v) is 6.51. The Morgan fingerprint density at radius 3 is 2.55 bits per heavy atom. The van der Waals surface area contributed by atoms with Crippen molar-refractivity contribution in [3.05, 3.63) is 11.7 Å². The predicted molar refractivity (Wildman–Crippen MR) is 74.3 cm³/mol. The Balaban J connectivity index is 2.12. The van der Waals surface area contributed by atoms with Crippen molar-refractivity contribution in [1.29, 1.82) is 0 Å². The van der Waals surface area contributed by atoms with Crippen LogP contribution >= 0.6 is 0 Å². The number of rotatable bonds is 4. The lowest BCUT2D eigenvalue weighted by atomic mass is 9.87. The molecule has 1 fully saturated rings. The van der Waals surface area contributed by atoms with Gasteiger partial charge in [0.1, 0.15) is 11.9 Å². The van der Waals surface area contributed by atoms with Crippen LogP contribution in [0, 0.1) is 5.41 Å². The summed E-state index contributed by atoms with van der Waals surface area (Å²) >= 11 is 0. The monoisotopic (exact) mass is 280 g/mol. The first-order valence-electron chi connectivity index (χ1n) is 7.38. The van der Waals surface area contributed by atoms with E-state index in [9.17, 15) is 4.79 Å². The first-order valence-corrected chi connectivity index (χ1v) is 7.38. The van der Waals surface area contributed by atoms with E-state index in [1.165, 1.54) is 0 Å². The van der Waals surface area contributed by atoms with Crippen LogP contribution in [0.5, 0.6) is 0 Å². The zero-order chi connectivity index (χ0) is 14.8. The highest BCUT2D eigenvalue weighted by atomic mass is 16.5. The van der Waals surface area contributed by atoms with Gasteiger partial charge in [0.2, 0.25) is 11.7 Å². The van der Waals surface area contributed by atoms with Gasteiger partial charge in [-0.3, -0.25) is 4.79 Å².